The van der Waals surface area contributed by atoms with Gasteiger partial charge in [-0.1, -0.05) is 0 Å². The second kappa shape index (κ2) is 3.73. The summed E-state index contributed by atoms with van der Waals surface area (Å²) in [6.07, 6.45) is 2.90. The zero-order chi connectivity index (χ0) is 11.8. The lowest BCUT2D eigenvalue weighted by Crippen LogP contribution is -2.45. The average molecular weight is 227 g/mol. The molecule has 5 nitrogen and oxygen atoms in total. The number of amides is 1. The first-order valence-electron chi connectivity index (χ1n) is 5.60. The molecule has 2 aliphatic rings. The lowest BCUT2D eigenvalue weighted by Gasteiger charge is -2.34. The second-order valence-electron chi connectivity index (χ2n) is 5.00. The molecule has 1 heterocycles. The van der Waals surface area contributed by atoms with Gasteiger partial charge in [0.25, 0.3) is 0 Å². The summed E-state index contributed by atoms with van der Waals surface area (Å²) in [7, 11) is 0. The van der Waals surface area contributed by atoms with Crippen LogP contribution in [0.5, 0.6) is 0 Å². The summed E-state index contributed by atoms with van der Waals surface area (Å²) in [5, 5.41) is 12.0. The summed E-state index contributed by atoms with van der Waals surface area (Å²) in [6, 6.07) is 0. The summed E-state index contributed by atoms with van der Waals surface area (Å²) in [6.45, 7) is 2.16. The molecule has 2 atom stereocenters. The Hall–Kier alpha value is -1.10. The molecule has 90 valence electrons. The van der Waals surface area contributed by atoms with Crippen molar-refractivity contribution in [2.45, 2.75) is 38.2 Å². The fourth-order valence-corrected chi connectivity index (χ4v) is 2.81. The van der Waals surface area contributed by atoms with Gasteiger partial charge in [-0.2, -0.15) is 0 Å². The standard InChI is InChI=1S/C11H17NO4/c1-8(13)12-6-11-4-2-3-10(5-11,7-16-11)9(14)15/h2-7H2,1H3,(H,12,13)(H,14,15). The lowest BCUT2D eigenvalue weighted by atomic mass is 9.70. The van der Waals surface area contributed by atoms with E-state index >= 15 is 0 Å². The lowest BCUT2D eigenvalue weighted by molar-refractivity contribution is -0.149. The van der Waals surface area contributed by atoms with E-state index in [2.05, 4.69) is 5.32 Å². The SMILES string of the molecule is CC(=O)NCC12CCCC(C(=O)O)(CO1)C2. The zero-order valence-corrected chi connectivity index (χ0v) is 9.41. The highest BCUT2D eigenvalue weighted by molar-refractivity contribution is 5.76. The van der Waals surface area contributed by atoms with Gasteiger partial charge in [-0.05, 0) is 25.7 Å². The Kier molecular flexibility index (Phi) is 2.66. The van der Waals surface area contributed by atoms with Crippen molar-refractivity contribution in [1.82, 2.24) is 5.32 Å². The molecule has 5 heteroatoms. The van der Waals surface area contributed by atoms with Crippen LogP contribution in [0.15, 0.2) is 0 Å². The van der Waals surface area contributed by atoms with Crippen molar-refractivity contribution in [1.29, 1.82) is 0 Å². The molecule has 1 aliphatic heterocycles. The predicted octanol–water partition coefficient (Wildman–Crippen LogP) is 0.536. The number of aliphatic carboxylic acids is 1. The van der Waals surface area contributed by atoms with E-state index in [1.54, 1.807) is 0 Å². The average Bonchev–Trinajstić information content (AvgIpc) is 2.50. The first-order chi connectivity index (χ1) is 7.48. The Balaban J connectivity index is 2.08. The van der Waals surface area contributed by atoms with Crippen molar-refractivity contribution < 1.29 is 19.4 Å². The zero-order valence-electron chi connectivity index (χ0n) is 9.41. The molecular formula is C11H17NO4. The Morgan fingerprint density at radius 3 is 2.81 bits per heavy atom. The molecule has 1 saturated carbocycles. The summed E-state index contributed by atoms with van der Waals surface area (Å²) >= 11 is 0. The molecule has 0 aromatic carbocycles. The van der Waals surface area contributed by atoms with E-state index in [-0.39, 0.29) is 12.5 Å². The number of ether oxygens (including phenoxy) is 1. The molecule has 0 radical (unpaired) electrons. The van der Waals surface area contributed by atoms with Crippen molar-refractivity contribution >= 4 is 11.9 Å². The summed E-state index contributed by atoms with van der Waals surface area (Å²) in [5.41, 5.74) is -1.15. The van der Waals surface area contributed by atoms with Crippen LogP contribution in [-0.4, -0.2) is 35.7 Å². The number of carboxylic acid groups (broad SMARTS) is 1. The summed E-state index contributed by atoms with van der Waals surface area (Å²) < 4.78 is 5.68. The number of carbonyl (C=O) groups is 2. The number of carbonyl (C=O) groups excluding carboxylic acids is 1. The minimum Gasteiger partial charge on any atom is -0.481 e. The maximum atomic E-state index is 11.2. The minimum atomic E-state index is -0.767. The number of hydrogen-bond acceptors (Lipinski definition) is 3. The van der Waals surface area contributed by atoms with E-state index in [0.29, 0.717) is 19.4 Å². The normalized spacial score (nSPS) is 37.1. The fraction of sp³-hybridized carbons (Fsp3) is 0.818. The van der Waals surface area contributed by atoms with Crippen LogP contribution in [0.25, 0.3) is 0 Å². The highest BCUT2D eigenvalue weighted by Crippen LogP contribution is 2.49. The fourth-order valence-electron chi connectivity index (χ4n) is 2.81. The van der Waals surface area contributed by atoms with Crippen LogP contribution in [0.3, 0.4) is 0 Å². The largest absolute Gasteiger partial charge is 0.481 e. The molecule has 0 aromatic heterocycles. The molecule has 16 heavy (non-hydrogen) atoms. The van der Waals surface area contributed by atoms with Crippen molar-refractivity contribution in [3.8, 4) is 0 Å². The van der Waals surface area contributed by atoms with Gasteiger partial charge >= 0.3 is 5.97 Å². The molecule has 0 aromatic rings. The molecule has 2 unspecified atom stereocenters. The number of nitrogens with one attached hydrogen (secondary N) is 1. The predicted molar refractivity (Wildman–Crippen MR) is 55.9 cm³/mol. The number of hydrogen-bond donors (Lipinski definition) is 2. The highest BCUT2D eigenvalue weighted by Gasteiger charge is 2.56. The smallest absolute Gasteiger partial charge is 0.312 e. The Bertz CT molecular complexity index is 330. The Labute approximate surface area is 94.2 Å². The molecule has 0 spiro atoms. The number of carboxylic acids is 1. The highest BCUT2D eigenvalue weighted by atomic mass is 16.5. The number of fused-ring (bicyclic) bond motifs is 2. The van der Waals surface area contributed by atoms with Gasteiger partial charge in [0, 0.05) is 13.5 Å². The maximum Gasteiger partial charge on any atom is 0.312 e. The van der Waals surface area contributed by atoms with E-state index in [1.165, 1.54) is 6.92 Å². The molecule has 2 fully saturated rings. The van der Waals surface area contributed by atoms with Gasteiger partial charge in [0.1, 0.15) is 0 Å². The van der Waals surface area contributed by atoms with Gasteiger partial charge in [0.15, 0.2) is 0 Å². The summed E-state index contributed by atoms with van der Waals surface area (Å²) in [5.74, 6) is -0.867. The second-order valence-corrected chi connectivity index (χ2v) is 5.00. The molecule has 2 bridgehead atoms. The van der Waals surface area contributed by atoms with E-state index in [1.807, 2.05) is 0 Å². The monoisotopic (exact) mass is 227 g/mol. The third-order valence-corrected chi connectivity index (χ3v) is 3.72. The molecule has 2 N–H and O–H groups in total. The van der Waals surface area contributed by atoms with Crippen molar-refractivity contribution in [3.63, 3.8) is 0 Å². The molecule has 1 aliphatic carbocycles. The molecule has 1 saturated heterocycles. The van der Waals surface area contributed by atoms with Crippen LogP contribution in [0, 0.1) is 5.41 Å². The van der Waals surface area contributed by atoms with Crippen LogP contribution in [0.1, 0.15) is 32.6 Å². The van der Waals surface area contributed by atoms with E-state index in [4.69, 9.17) is 4.74 Å². The van der Waals surface area contributed by atoms with E-state index in [9.17, 15) is 14.7 Å². The first kappa shape index (κ1) is 11.4. The van der Waals surface area contributed by atoms with Crippen LogP contribution in [0.2, 0.25) is 0 Å². The maximum absolute atomic E-state index is 11.2. The van der Waals surface area contributed by atoms with Crippen molar-refractivity contribution in [3.05, 3.63) is 0 Å². The van der Waals surface area contributed by atoms with Gasteiger partial charge < -0.3 is 15.2 Å². The topological polar surface area (TPSA) is 75.6 Å². The van der Waals surface area contributed by atoms with Crippen LogP contribution in [0.4, 0.5) is 0 Å². The van der Waals surface area contributed by atoms with E-state index in [0.717, 1.165) is 12.8 Å². The van der Waals surface area contributed by atoms with Gasteiger partial charge in [-0.3, -0.25) is 9.59 Å². The Morgan fingerprint density at radius 1 is 1.44 bits per heavy atom. The minimum absolute atomic E-state index is 0.101. The van der Waals surface area contributed by atoms with Crippen molar-refractivity contribution in [2.75, 3.05) is 13.2 Å². The van der Waals surface area contributed by atoms with Gasteiger partial charge in [-0.25, -0.2) is 0 Å². The van der Waals surface area contributed by atoms with Gasteiger partial charge in [0.05, 0.1) is 17.6 Å². The van der Waals surface area contributed by atoms with Crippen LogP contribution in [-0.2, 0) is 14.3 Å². The third kappa shape index (κ3) is 1.80. The van der Waals surface area contributed by atoms with Crippen LogP contribution < -0.4 is 5.32 Å². The van der Waals surface area contributed by atoms with E-state index < -0.39 is 17.0 Å². The summed E-state index contributed by atoms with van der Waals surface area (Å²) in [4.78, 5) is 22.1. The number of rotatable bonds is 3. The molecule has 2 rings (SSSR count). The Morgan fingerprint density at radius 2 is 2.19 bits per heavy atom. The van der Waals surface area contributed by atoms with Crippen molar-refractivity contribution in [2.24, 2.45) is 5.41 Å². The van der Waals surface area contributed by atoms with Gasteiger partial charge in [0.2, 0.25) is 5.91 Å². The van der Waals surface area contributed by atoms with Gasteiger partial charge in [-0.15, -0.1) is 0 Å². The first-order valence-corrected chi connectivity index (χ1v) is 5.60. The van der Waals surface area contributed by atoms with Crippen LogP contribution >= 0.6 is 0 Å². The third-order valence-electron chi connectivity index (χ3n) is 3.72. The quantitative estimate of drug-likeness (QED) is 0.737. The molecular weight excluding hydrogens is 210 g/mol. The molecule has 1 amide bonds.